The zero-order valence-corrected chi connectivity index (χ0v) is 16.7. The molecule has 0 unspecified atom stereocenters. The van der Waals surface area contributed by atoms with Crippen molar-refractivity contribution in [2.24, 2.45) is 10.9 Å². The second-order valence-electron chi connectivity index (χ2n) is 7.99. The fraction of sp³-hybridized carbons (Fsp3) is 0.333. The average molecular weight is 412 g/mol. The van der Waals surface area contributed by atoms with Crippen LogP contribution < -0.4 is 0 Å². The first kappa shape index (κ1) is 20.4. The van der Waals surface area contributed by atoms with Crippen molar-refractivity contribution in [3.05, 3.63) is 71.4 Å². The van der Waals surface area contributed by atoms with Crippen molar-refractivity contribution in [3.8, 4) is 11.1 Å². The molecule has 0 saturated carbocycles. The minimum Gasteiger partial charge on any atom is -0.339 e. The Bertz CT molecular complexity index is 981. The van der Waals surface area contributed by atoms with E-state index in [0.717, 1.165) is 37.0 Å². The molecule has 2 aromatic carbocycles. The van der Waals surface area contributed by atoms with Crippen molar-refractivity contribution in [1.82, 2.24) is 4.90 Å². The SMILES string of the molecule is CC1=CN=C(C2CCN(C(=O)c3ccc(-c4ccc(C(F)(F)F)cc4)cc3)CC2)C1. The molecular weight excluding hydrogens is 389 g/mol. The predicted molar refractivity (Wildman–Crippen MR) is 111 cm³/mol. The molecule has 1 saturated heterocycles. The van der Waals surface area contributed by atoms with Gasteiger partial charge in [0.25, 0.3) is 5.91 Å². The van der Waals surface area contributed by atoms with Gasteiger partial charge in [-0.25, -0.2) is 0 Å². The van der Waals surface area contributed by atoms with Crippen molar-refractivity contribution < 1.29 is 18.0 Å². The maximum Gasteiger partial charge on any atom is 0.416 e. The number of benzene rings is 2. The van der Waals surface area contributed by atoms with Gasteiger partial charge in [-0.05, 0) is 60.7 Å². The van der Waals surface area contributed by atoms with Crippen LogP contribution in [0.15, 0.2) is 65.3 Å². The zero-order chi connectivity index (χ0) is 21.3. The lowest BCUT2D eigenvalue weighted by molar-refractivity contribution is -0.137. The van der Waals surface area contributed by atoms with E-state index in [-0.39, 0.29) is 5.91 Å². The van der Waals surface area contributed by atoms with Crippen molar-refractivity contribution in [3.63, 3.8) is 0 Å². The van der Waals surface area contributed by atoms with E-state index < -0.39 is 11.7 Å². The summed E-state index contributed by atoms with van der Waals surface area (Å²) in [4.78, 5) is 19.2. The molecular formula is C24H23F3N2O. The number of allylic oxidation sites excluding steroid dienone is 1. The van der Waals surface area contributed by atoms with Gasteiger partial charge in [0.15, 0.2) is 0 Å². The number of hydrogen-bond donors (Lipinski definition) is 0. The van der Waals surface area contributed by atoms with Crippen LogP contribution >= 0.6 is 0 Å². The first-order valence-corrected chi connectivity index (χ1v) is 10.1. The van der Waals surface area contributed by atoms with Gasteiger partial charge in [-0.2, -0.15) is 13.2 Å². The largest absolute Gasteiger partial charge is 0.416 e. The molecule has 156 valence electrons. The summed E-state index contributed by atoms with van der Waals surface area (Å²) >= 11 is 0. The number of hydrogen-bond acceptors (Lipinski definition) is 2. The van der Waals surface area contributed by atoms with Crippen LogP contribution in [0.25, 0.3) is 11.1 Å². The summed E-state index contributed by atoms with van der Waals surface area (Å²) in [5, 5.41) is 0. The van der Waals surface area contributed by atoms with E-state index in [1.807, 2.05) is 11.1 Å². The summed E-state index contributed by atoms with van der Waals surface area (Å²) < 4.78 is 38.2. The highest BCUT2D eigenvalue weighted by Crippen LogP contribution is 2.31. The van der Waals surface area contributed by atoms with Gasteiger partial charge in [0.05, 0.1) is 5.56 Å². The summed E-state index contributed by atoms with van der Waals surface area (Å²) in [6.07, 6.45) is 0.391. The van der Waals surface area contributed by atoms with Gasteiger partial charge >= 0.3 is 6.18 Å². The molecule has 0 aliphatic carbocycles. The maximum absolute atomic E-state index is 12.8. The molecule has 4 rings (SSSR count). The Kier molecular flexibility index (Phi) is 5.50. The van der Waals surface area contributed by atoms with Gasteiger partial charge in [0, 0.05) is 42.9 Å². The van der Waals surface area contributed by atoms with Crippen LogP contribution in [0.3, 0.4) is 0 Å². The summed E-state index contributed by atoms with van der Waals surface area (Å²) in [6, 6.07) is 12.1. The van der Waals surface area contributed by atoms with Gasteiger partial charge in [0.1, 0.15) is 0 Å². The Labute approximate surface area is 173 Å². The number of rotatable bonds is 3. The second kappa shape index (κ2) is 8.09. The standard InChI is InChI=1S/C24H23F3N2O/c1-16-14-22(28-15-16)19-10-12-29(13-11-19)23(30)20-4-2-17(3-5-20)18-6-8-21(9-7-18)24(25,26)27/h2-9,15,19H,10-14H2,1H3. The monoisotopic (exact) mass is 412 g/mol. The van der Waals surface area contributed by atoms with Crippen LogP contribution in [0.4, 0.5) is 13.2 Å². The molecule has 0 radical (unpaired) electrons. The third-order valence-corrected chi connectivity index (χ3v) is 5.84. The van der Waals surface area contributed by atoms with Gasteiger partial charge in [-0.1, -0.05) is 24.3 Å². The highest BCUT2D eigenvalue weighted by atomic mass is 19.4. The molecule has 2 aliphatic heterocycles. The van der Waals surface area contributed by atoms with Crippen LogP contribution in [0.5, 0.6) is 0 Å². The van der Waals surface area contributed by atoms with Gasteiger partial charge in [0.2, 0.25) is 0 Å². The third kappa shape index (κ3) is 4.32. The normalized spacial score (nSPS) is 17.7. The van der Waals surface area contributed by atoms with Gasteiger partial charge in [-0.15, -0.1) is 0 Å². The van der Waals surface area contributed by atoms with E-state index in [9.17, 15) is 18.0 Å². The van der Waals surface area contributed by atoms with Crippen molar-refractivity contribution in [2.75, 3.05) is 13.1 Å². The Morgan fingerprint density at radius 3 is 2.03 bits per heavy atom. The van der Waals surface area contributed by atoms with Gasteiger partial charge in [-0.3, -0.25) is 9.79 Å². The molecule has 1 fully saturated rings. The molecule has 6 heteroatoms. The lowest BCUT2D eigenvalue weighted by Crippen LogP contribution is -2.40. The van der Waals surface area contributed by atoms with Crippen molar-refractivity contribution in [2.45, 2.75) is 32.4 Å². The minimum atomic E-state index is -4.35. The van der Waals surface area contributed by atoms with E-state index >= 15 is 0 Å². The molecule has 0 bridgehead atoms. The number of nitrogens with zero attached hydrogens (tertiary/aromatic N) is 2. The maximum atomic E-state index is 12.8. The van der Waals surface area contributed by atoms with E-state index in [0.29, 0.717) is 30.1 Å². The lowest BCUT2D eigenvalue weighted by atomic mass is 9.89. The van der Waals surface area contributed by atoms with E-state index in [4.69, 9.17) is 0 Å². The predicted octanol–water partition coefficient (Wildman–Crippen LogP) is 5.97. The summed E-state index contributed by atoms with van der Waals surface area (Å²) in [7, 11) is 0. The van der Waals surface area contributed by atoms with E-state index in [2.05, 4.69) is 11.9 Å². The molecule has 2 aromatic rings. The Morgan fingerprint density at radius 2 is 1.53 bits per heavy atom. The van der Waals surface area contributed by atoms with Crippen molar-refractivity contribution >= 4 is 11.6 Å². The number of amides is 1. The Morgan fingerprint density at radius 1 is 0.967 bits per heavy atom. The van der Waals surface area contributed by atoms with Crippen LogP contribution in [0.2, 0.25) is 0 Å². The number of alkyl halides is 3. The minimum absolute atomic E-state index is 0.00455. The molecule has 0 aromatic heterocycles. The molecule has 3 nitrogen and oxygen atoms in total. The number of piperidine rings is 1. The van der Waals surface area contributed by atoms with Gasteiger partial charge < -0.3 is 4.90 Å². The Hall–Kier alpha value is -2.89. The number of aliphatic imine (C=N–C) groups is 1. The van der Waals surface area contributed by atoms with E-state index in [1.165, 1.54) is 23.4 Å². The quantitative estimate of drug-likeness (QED) is 0.611. The second-order valence-corrected chi connectivity index (χ2v) is 7.99. The molecule has 2 aliphatic rings. The fourth-order valence-corrected chi connectivity index (χ4v) is 4.08. The molecule has 0 N–H and O–H groups in total. The molecule has 30 heavy (non-hydrogen) atoms. The van der Waals surface area contributed by atoms with Crippen LogP contribution in [0.1, 0.15) is 42.1 Å². The summed E-state index contributed by atoms with van der Waals surface area (Å²) in [6.45, 7) is 3.51. The van der Waals surface area contributed by atoms with Crippen molar-refractivity contribution in [1.29, 1.82) is 0 Å². The average Bonchev–Trinajstić information content (AvgIpc) is 3.19. The zero-order valence-electron chi connectivity index (χ0n) is 16.7. The number of carbonyl (C=O) groups excluding carboxylic acids is 1. The number of halogens is 3. The fourth-order valence-electron chi connectivity index (χ4n) is 4.08. The molecule has 0 atom stereocenters. The summed E-state index contributed by atoms with van der Waals surface area (Å²) in [5.74, 6) is 0.444. The molecule has 1 amide bonds. The molecule has 2 heterocycles. The topological polar surface area (TPSA) is 32.7 Å². The Balaban J connectivity index is 1.38. The van der Waals surface area contributed by atoms with Crippen LogP contribution in [-0.2, 0) is 6.18 Å². The highest BCUT2D eigenvalue weighted by Gasteiger charge is 2.30. The lowest BCUT2D eigenvalue weighted by Gasteiger charge is -2.32. The van der Waals surface area contributed by atoms with E-state index in [1.54, 1.807) is 24.3 Å². The smallest absolute Gasteiger partial charge is 0.339 e. The highest BCUT2D eigenvalue weighted by molar-refractivity contribution is 5.95. The number of likely N-dealkylation sites (tertiary alicyclic amines) is 1. The van der Waals surface area contributed by atoms with Crippen LogP contribution in [-0.4, -0.2) is 29.6 Å². The van der Waals surface area contributed by atoms with Crippen LogP contribution in [0, 0.1) is 5.92 Å². The first-order chi connectivity index (χ1) is 14.3. The molecule has 0 spiro atoms. The first-order valence-electron chi connectivity index (χ1n) is 10.1. The summed E-state index contributed by atoms with van der Waals surface area (Å²) in [5.41, 5.74) is 3.91. The number of carbonyl (C=O) groups is 1. The third-order valence-electron chi connectivity index (χ3n) is 5.84.